The van der Waals surface area contributed by atoms with Crippen LogP contribution in [0, 0.1) is 0 Å². The first-order chi connectivity index (χ1) is 17.1. The predicted octanol–water partition coefficient (Wildman–Crippen LogP) is 6.34. The van der Waals surface area contributed by atoms with Crippen molar-refractivity contribution in [3.63, 3.8) is 0 Å². The molecular formula is C26H17BrF3NO5. The molecule has 1 aliphatic rings. The largest absolute Gasteiger partial charge is 0.493 e. The van der Waals surface area contributed by atoms with Crippen molar-refractivity contribution in [1.82, 2.24) is 0 Å². The van der Waals surface area contributed by atoms with Crippen LogP contribution in [0.3, 0.4) is 0 Å². The van der Waals surface area contributed by atoms with Crippen LogP contribution in [0.4, 0.5) is 18.9 Å². The highest BCUT2D eigenvalue weighted by atomic mass is 79.9. The van der Waals surface area contributed by atoms with E-state index in [1.54, 1.807) is 36.4 Å². The number of ether oxygens (including phenoxy) is 2. The first-order valence-electron chi connectivity index (χ1n) is 10.6. The van der Waals surface area contributed by atoms with Crippen LogP contribution in [0.15, 0.2) is 74.3 Å². The van der Waals surface area contributed by atoms with Gasteiger partial charge in [-0.05, 0) is 54.1 Å². The number of nitrogens with zero attached hydrogens (tertiary/aromatic N) is 1. The number of carbonyl (C=O) groups excluding carboxylic acids is 1. The smallest absolute Gasteiger partial charge is 0.416 e. The number of rotatable bonds is 4. The molecule has 2 heterocycles. The first kappa shape index (κ1) is 23.9. The van der Waals surface area contributed by atoms with Crippen LogP contribution < -0.4 is 19.8 Å². The van der Waals surface area contributed by atoms with Crippen LogP contribution in [-0.4, -0.2) is 20.1 Å². The zero-order chi connectivity index (χ0) is 25.8. The Morgan fingerprint density at radius 1 is 0.944 bits per heavy atom. The lowest BCUT2D eigenvalue weighted by Gasteiger charge is -2.26. The standard InChI is InChI=1S/C26H17BrF3NO5/c1-34-19-8-6-13(10-20(19)35-2)22-21-23(32)17-12-15(27)7-9-18(17)36-24(21)25(33)31(22)16-5-3-4-14(11-16)26(28,29)30/h3-12,22H,1-2H3. The summed E-state index contributed by atoms with van der Waals surface area (Å²) >= 11 is 3.33. The van der Waals surface area contributed by atoms with E-state index in [1.807, 2.05) is 0 Å². The van der Waals surface area contributed by atoms with Gasteiger partial charge in [-0.15, -0.1) is 0 Å². The first-order valence-corrected chi connectivity index (χ1v) is 11.4. The fourth-order valence-corrected chi connectivity index (χ4v) is 4.74. The van der Waals surface area contributed by atoms with E-state index in [1.165, 1.54) is 26.4 Å². The van der Waals surface area contributed by atoms with Crippen molar-refractivity contribution in [3.8, 4) is 11.5 Å². The van der Waals surface area contributed by atoms with Gasteiger partial charge in [0.05, 0.1) is 36.8 Å². The van der Waals surface area contributed by atoms with Crippen molar-refractivity contribution < 1.29 is 31.9 Å². The number of hydrogen-bond acceptors (Lipinski definition) is 5. The zero-order valence-electron chi connectivity index (χ0n) is 18.9. The highest BCUT2D eigenvalue weighted by Crippen LogP contribution is 2.44. The molecule has 184 valence electrons. The number of carbonyl (C=O) groups is 1. The molecule has 0 bridgehead atoms. The zero-order valence-corrected chi connectivity index (χ0v) is 20.4. The SMILES string of the molecule is COc1ccc(C2c3c(oc4ccc(Br)cc4c3=O)C(=O)N2c2cccc(C(F)(F)F)c2)cc1OC. The fourth-order valence-electron chi connectivity index (χ4n) is 4.38. The Kier molecular flexibility index (Phi) is 5.78. The third-order valence-electron chi connectivity index (χ3n) is 6.01. The Morgan fingerprint density at radius 3 is 2.39 bits per heavy atom. The van der Waals surface area contributed by atoms with E-state index in [9.17, 15) is 22.8 Å². The van der Waals surface area contributed by atoms with Crippen molar-refractivity contribution >= 4 is 38.5 Å². The lowest BCUT2D eigenvalue weighted by atomic mass is 9.97. The van der Waals surface area contributed by atoms with Gasteiger partial charge in [0.2, 0.25) is 5.76 Å². The molecule has 6 nitrogen and oxygen atoms in total. The molecule has 1 unspecified atom stereocenters. The highest BCUT2D eigenvalue weighted by molar-refractivity contribution is 9.10. The van der Waals surface area contributed by atoms with Gasteiger partial charge in [-0.2, -0.15) is 13.2 Å². The number of amides is 1. The summed E-state index contributed by atoms with van der Waals surface area (Å²) in [6.07, 6.45) is -4.63. The van der Waals surface area contributed by atoms with Gasteiger partial charge in [0, 0.05) is 10.2 Å². The number of anilines is 1. The normalized spacial score (nSPS) is 15.3. The predicted molar refractivity (Wildman–Crippen MR) is 130 cm³/mol. The van der Waals surface area contributed by atoms with Crippen LogP contribution in [0.25, 0.3) is 11.0 Å². The minimum atomic E-state index is -4.63. The van der Waals surface area contributed by atoms with E-state index >= 15 is 0 Å². The van der Waals surface area contributed by atoms with Gasteiger partial charge < -0.3 is 13.9 Å². The van der Waals surface area contributed by atoms with Crippen LogP contribution in [0.1, 0.15) is 33.3 Å². The number of benzene rings is 3. The van der Waals surface area contributed by atoms with Gasteiger partial charge in [0.25, 0.3) is 5.91 Å². The second-order valence-electron chi connectivity index (χ2n) is 8.05. The molecule has 0 spiro atoms. The maximum atomic E-state index is 13.7. The Balaban J connectivity index is 1.80. The molecule has 0 saturated carbocycles. The monoisotopic (exact) mass is 559 g/mol. The van der Waals surface area contributed by atoms with Crippen LogP contribution >= 0.6 is 15.9 Å². The molecule has 1 aliphatic heterocycles. The van der Waals surface area contributed by atoms with Gasteiger partial charge in [-0.25, -0.2) is 0 Å². The van der Waals surface area contributed by atoms with Crippen LogP contribution in [0.2, 0.25) is 0 Å². The van der Waals surface area contributed by atoms with Gasteiger partial charge in [0.1, 0.15) is 5.58 Å². The summed E-state index contributed by atoms with van der Waals surface area (Å²) in [7, 11) is 2.89. The Morgan fingerprint density at radius 2 is 1.69 bits per heavy atom. The Hall–Kier alpha value is -3.79. The van der Waals surface area contributed by atoms with E-state index in [0.717, 1.165) is 17.0 Å². The van der Waals surface area contributed by atoms with Crippen LogP contribution in [0.5, 0.6) is 11.5 Å². The van der Waals surface area contributed by atoms with E-state index in [4.69, 9.17) is 13.9 Å². The molecule has 0 fully saturated rings. The summed E-state index contributed by atoms with van der Waals surface area (Å²) in [4.78, 5) is 28.5. The number of halogens is 4. The topological polar surface area (TPSA) is 69.0 Å². The van der Waals surface area contributed by atoms with Gasteiger partial charge in [0.15, 0.2) is 16.9 Å². The number of hydrogen-bond donors (Lipinski definition) is 0. The average Bonchev–Trinajstić information content (AvgIpc) is 3.16. The fraction of sp³-hybridized carbons (Fsp3) is 0.154. The van der Waals surface area contributed by atoms with Gasteiger partial charge >= 0.3 is 6.18 Å². The summed E-state index contributed by atoms with van der Waals surface area (Å²) in [5, 5.41) is 0.229. The molecule has 10 heteroatoms. The quantitative estimate of drug-likeness (QED) is 0.292. The molecule has 3 aromatic carbocycles. The third-order valence-corrected chi connectivity index (χ3v) is 6.50. The van der Waals surface area contributed by atoms with Crippen molar-refractivity contribution in [1.29, 1.82) is 0 Å². The minimum Gasteiger partial charge on any atom is -0.493 e. The molecule has 36 heavy (non-hydrogen) atoms. The van der Waals surface area contributed by atoms with E-state index in [0.29, 0.717) is 21.5 Å². The summed E-state index contributed by atoms with van der Waals surface area (Å²) < 4.78 is 57.7. The Bertz CT molecular complexity index is 1580. The highest BCUT2D eigenvalue weighted by Gasteiger charge is 2.44. The third kappa shape index (κ3) is 3.81. The number of fused-ring (bicyclic) bond motifs is 2. The summed E-state index contributed by atoms with van der Waals surface area (Å²) in [6.45, 7) is 0. The van der Waals surface area contributed by atoms with Crippen LogP contribution in [-0.2, 0) is 6.18 Å². The van der Waals surface area contributed by atoms with E-state index in [2.05, 4.69) is 15.9 Å². The molecule has 0 saturated heterocycles. The van der Waals surface area contributed by atoms with Crippen molar-refractivity contribution in [3.05, 3.63) is 97.8 Å². The maximum absolute atomic E-state index is 13.7. The molecule has 0 radical (unpaired) electrons. The summed E-state index contributed by atoms with van der Waals surface area (Å²) in [5.41, 5.74) is -0.787. The molecule has 1 atom stereocenters. The van der Waals surface area contributed by atoms with E-state index in [-0.39, 0.29) is 28.0 Å². The Labute approximate surface area is 211 Å². The molecule has 0 N–H and O–H groups in total. The summed E-state index contributed by atoms with van der Waals surface area (Å²) in [5.74, 6) is -0.225. The lowest BCUT2D eigenvalue weighted by molar-refractivity contribution is -0.137. The number of methoxy groups -OCH3 is 2. The van der Waals surface area contributed by atoms with Gasteiger partial charge in [-0.1, -0.05) is 28.1 Å². The molecule has 4 aromatic rings. The summed E-state index contributed by atoms with van der Waals surface area (Å²) in [6, 6.07) is 12.9. The molecule has 5 rings (SSSR count). The second-order valence-corrected chi connectivity index (χ2v) is 8.97. The minimum absolute atomic E-state index is 0.0234. The second kappa shape index (κ2) is 8.70. The molecule has 1 aromatic heterocycles. The molecular weight excluding hydrogens is 543 g/mol. The molecule has 1 amide bonds. The van der Waals surface area contributed by atoms with Crippen molar-refractivity contribution in [2.24, 2.45) is 0 Å². The maximum Gasteiger partial charge on any atom is 0.416 e. The molecule has 0 aliphatic carbocycles. The average molecular weight is 560 g/mol. The number of alkyl halides is 3. The van der Waals surface area contributed by atoms with Crippen molar-refractivity contribution in [2.75, 3.05) is 19.1 Å². The lowest BCUT2D eigenvalue weighted by Crippen LogP contribution is -2.29. The van der Waals surface area contributed by atoms with E-state index < -0.39 is 29.1 Å². The van der Waals surface area contributed by atoms with Crippen molar-refractivity contribution in [2.45, 2.75) is 12.2 Å². The van der Waals surface area contributed by atoms with Gasteiger partial charge in [-0.3, -0.25) is 14.5 Å².